The summed E-state index contributed by atoms with van der Waals surface area (Å²) >= 11 is 0. The minimum atomic E-state index is 0.167. The summed E-state index contributed by atoms with van der Waals surface area (Å²) in [4.78, 5) is 11.6. The number of carbonyl (C=O) groups excluding carboxylic acids is 1. The average molecular weight is 252 g/mol. The Kier molecular flexibility index (Phi) is 5.68. The Morgan fingerprint density at radius 1 is 1.56 bits per heavy atom. The fourth-order valence-corrected chi connectivity index (χ4v) is 2.51. The Bertz CT molecular complexity index is 296. The van der Waals surface area contributed by atoms with E-state index in [1.165, 1.54) is 5.57 Å². The van der Waals surface area contributed by atoms with Crippen LogP contribution < -0.4 is 10.6 Å². The highest BCUT2D eigenvalue weighted by Gasteiger charge is 2.16. The van der Waals surface area contributed by atoms with E-state index >= 15 is 0 Å². The van der Waals surface area contributed by atoms with E-state index in [4.69, 9.17) is 4.74 Å². The van der Waals surface area contributed by atoms with Crippen molar-refractivity contribution in [3.05, 3.63) is 11.6 Å². The van der Waals surface area contributed by atoms with Crippen LogP contribution in [0.5, 0.6) is 0 Å². The molecule has 2 aliphatic rings. The second kappa shape index (κ2) is 7.54. The summed E-state index contributed by atoms with van der Waals surface area (Å²) in [5.74, 6) is 0.167. The van der Waals surface area contributed by atoms with Crippen LogP contribution in [0.25, 0.3) is 0 Å². The molecular formula is C14H24N2O2. The van der Waals surface area contributed by atoms with Crippen LogP contribution in [0.3, 0.4) is 0 Å². The number of hydrogen-bond donors (Lipinski definition) is 2. The van der Waals surface area contributed by atoms with Gasteiger partial charge in [0, 0.05) is 26.1 Å². The van der Waals surface area contributed by atoms with Crippen LogP contribution in [-0.2, 0) is 9.53 Å². The molecule has 0 spiro atoms. The maximum atomic E-state index is 11.6. The van der Waals surface area contributed by atoms with E-state index in [9.17, 15) is 4.79 Å². The zero-order chi connectivity index (χ0) is 12.6. The average Bonchev–Trinajstić information content (AvgIpc) is 2.91. The summed E-state index contributed by atoms with van der Waals surface area (Å²) in [7, 11) is 0. The van der Waals surface area contributed by atoms with Crippen LogP contribution >= 0.6 is 0 Å². The summed E-state index contributed by atoms with van der Waals surface area (Å²) < 4.78 is 5.51. The minimum absolute atomic E-state index is 0.167. The van der Waals surface area contributed by atoms with Crippen LogP contribution in [0.2, 0.25) is 0 Å². The van der Waals surface area contributed by atoms with E-state index in [1.54, 1.807) is 0 Å². The van der Waals surface area contributed by atoms with E-state index in [0.717, 1.165) is 58.3 Å². The van der Waals surface area contributed by atoms with Gasteiger partial charge in [0.15, 0.2) is 0 Å². The van der Waals surface area contributed by atoms with Crippen LogP contribution in [0.1, 0.15) is 38.5 Å². The lowest BCUT2D eigenvalue weighted by molar-refractivity contribution is -0.121. The fourth-order valence-electron chi connectivity index (χ4n) is 2.51. The molecule has 1 fully saturated rings. The molecule has 1 amide bonds. The molecule has 1 unspecified atom stereocenters. The van der Waals surface area contributed by atoms with Gasteiger partial charge in [-0.25, -0.2) is 0 Å². The monoisotopic (exact) mass is 252 g/mol. The molecule has 4 heteroatoms. The van der Waals surface area contributed by atoms with Crippen molar-refractivity contribution in [2.75, 3.05) is 26.2 Å². The SMILES string of the molecule is O=C(CCC1CCCO1)NCCC1=CCNCC1. The first-order valence-corrected chi connectivity index (χ1v) is 7.11. The highest BCUT2D eigenvalue weighted by Crippen LogP contribution is 2.16. The van der Waals surface area contributed by atoms with Crippen LogP contribution in [-0.4, -0.2) is 38.3 Å². The second-order valence-electron chi connectivity index (χ2n) is 5.09. The first kappa shape index (κ1) is 13.6. The topological polar surface area (TPSA) is 50.4 Å². The van der Waals surface area contributed by atoms with Gasteiger partial charge in [0.1, 0.15) is 0 Å². The molecule has 0 radical (unpaired) electrons. The smallest absolute Gasteiger partial charge is 0.220 e. The lowest BCUT2D eigenvalue weighted by Crippen LogP contribution is -2.27. The summed E-state index contributed by atoms with van der Waals surface area (Å²) in [6, 6.07) is 0. The molecular weight excluding hydrogens is 228 g/mol. The summed E-state index contributed by atoms with van der Waals surface area (Å²) in [5.41, 5.74) is 1.47. The standard InChI is InChI=1S/C14H24N2O2/c17-14(4-3-13-2-1-11-18-13)16-10-7-12-5-8-15-9-6-12/h5,13,15H,1-4,6-11H2,(H,16,17). The Labute approximate surface area is 109 Å². The van der Waals surface area contributed by atoms with Crippen molar-refractivity contribution < 1.29 is 9.53 Å². The van der Waals surface area contributed by atoms with Crippen LogP contribution in [0, 0.1) is 0 Å². The van der Waals surface area contributed by atoms with Gasteiger partial charge in [0.25, 0.3) is 0 Å². The first-order chi connectivity index (χ1) is 8.84. The quantitative estimate of drug-likeness (QED) is 0.702. The number of nitrogens with one attached hydrogen (secondary N) is 2. The Balaban J connectivity index is 1.52. The molecule has 0 aromatic rings. The molecule has 1 saturated heterocycles. The molecule has 0 aromatic heterocycles. The van der Waals surface area contributed by atoms with Gasteiger partial charge in [-0.05, 0) is 38.6 Å². The molecule has 0 bridgehead atoms. The first-order valence-electron chi connectivity index (χ1n) is 7.11. The molecule has 4 nitrogen and oxygen atoms in total. The number of hydrogen-bond acceptors (Lipinski definition) is 3. The van der Waals surface area contributed by atoms with Gasteiger partial charge in [0.2, 0.25) is 5.91 Å². The summed E-state index contributed by atoms with van der Waals surface area (Å²) in [6.07, 6.45) is 8.41. The van der Waals surface area contributed by atoms with Crippen molar-refractivity contribution in [2.45, 2.75) is 44.6 Å². The maximum Gasteiger partial charge on any atom is 0.220 e. The van der Waals surface area contributed by atoms with Crippen molar-refractivity contribution in [1.29, 1.82) is 0 Å². The van der Waals surface area contributed by atoms with Crippen molar-refractivity contribution in [2.24, 2.45) is 0 Å². The third-order valence-electron chi connectivity index (χ3n) is 3.64. The van der Waals surface area contributed by atoms with Gasteiger partial charge in [-0.1, -0.05) is 11.6 Å². The van der Waals surface area contributed by atoms with Crippen molar-refractivity contribution in [3.8, 4) is 0 Å². The van der Waals surface area contributed by atoms with Crippen molar-refractivity contribution in [1.82, 2.24) is 10.6 Å². The number of amides is 1. The van der Waals surface area contributed by atoms with E-state index in [2.05, 4.69) is 16.7 Å². The molecule has 0 aliphatic carbocycles. The van der Waals surface area contributed by atoms with Gasteiger partial charge in [-0.3, -0.25) is 4.79 Å². The molecule has 2 aliphatic heterocycles. The normalized spacial score (nSPS) is 23.8. The predicted molar refractivity (Wildman–Crippen MR) is 71.4 cm³/mol. The highest BCUT2D eigenvalue weighted by molar-refractivity contribution is 5.75. The summed E-state index contributed by atoms with van der Waals surface area (Å²) in [5, 5.41) is 6.29. The Hall–Kier alpha value is -0.870. The fraction of sp³-hybridized carbons (Fsp3) is 0.786. The lowest BCUT2D eigenvalue weighted by Gasteiger charge is -2.14. The third kappa shape index (κ3) is 4.78. The maximum absolute atomic E-state index is 11.6. The largest absolute Gasteiger partial charge is 0.378 e. The molecule has 2 rings (SSSR count). The van der Waals surface area contributed by atoms with Crippen LogP contribution in [0.4, 0.5) is 0 Å². The number of rotatable bonds is 6. The van der Waals surface area contributed by atoms with E-state index in [-0.39, 0.29) is 5.91 Å². The van der Waals surface area contributed by atoms with Gasteiger partial charge < -0.3 is 15.4 Å². The van der Waals surface area contributed by atoms with E-state index in [0.29, 0.717) is 12.5 Å². The van der Waals surface area contributed by atoms with Crippen molar-refractivity contribution in [3.63, 3.8) is 0 Å². The lowest BCUT2D eigenvalue weighted by atomic mass is 10.1. The highest BCUT2D eigenvalue weighted by atomic mass is 16.5. The zero-order valence-electron chi connectivity index (χ0n) is 11.0. The van der Waals surface area contributed by atoms with E-state index < -0.39 is 0 Å². The molecule has 0 aromatic carbocycles. The van der Waals surface area contributed by atoms with Crippen LogP contribution in [0.15, 0.2) is 11.6 Å². The minimum Gasteiger partial charge on any atom is -0.378 e. The third-order valence-corrected chi connectivity index (χ3v) is 3.64. The van der Waals surface area contributed by atoms with Gasteiger partial charge >= 0.3 is 0 Å². The molecule has 1 atom stereocenters. The van der Waals surface area contributed by atoms with Gasteiger partial charge in [0.05, 0.1) is 6.10 Å². The second-order valence-corrected chi connectivity index (χ2v) is 5.09. The predicted octanol–water partition coefficient (Wildman–Crippen LogP) is 1.37. The molecule has 2 heterocycles. The number of carbonyl (C=O) groups is 1. The molecule has 18 heavy (non-hydrogen) atoms. The van der Waals surface area contributed by atoms with Gasteiger partial charge in [-0.2, -0.15) is 0 Å². The molecule has 2 N–H and O–H groups in total. The summed E-state index contributed by atoms with van der Waals surface area (Å²) in [6.45, 7) is 3.69. The molecule has 0 saturated carbocycles. The molecule has 102 valence electrons. The van der Waals surface area contributed by atoms with Gasteiger partial charge in [-0.15, -0.1) is 0 Å². The zero-order valence-corrected chi connectivity index (χ0v) is 11.0. The van der Waals surface area contributed by atoms with Crippen molar-refractivity contribution >= 4 is 5.91 Å². The Morgan fingerprint density at radius 3 is 3.22 bits per heavy atom. The van der Waals surface area contributed by atoms with E-state index in [1.807, 2.05) is 0 Å². The number of ether oxygens (including phenoxy) is 1. The Morgan fingerprint density at radius 2 is 2.50 bits per heavy atom.